The highest BCUT2D eigenvalue weighted by atomic mass is 35.5. The third kappa shape index (κ3) is 5.40. The highest BCUT2D eigenvalue weighted by Crippen LogP contribution is 2.47. The maximum atomic E-state index is 14.5. The molecule has 2 aromatic carbocycles. The maximum Gasteiger partial charge on any atom is 0.417 e. The Kier molecular flexibility index (Phi) is 7.65. The van der Waals surface area contributed by atoms with E-state index in [1.807, 2.05) is 0 Å². The normalized spacial score (nSPS) is 13.6. The predicted octanol–water partition coefficient (Wildman–Crippen LogP) is 6.87. The van der Waals surface area contributed by atoms with E-state index >= 15 is 0 Å². The van der Waals surface area contributed by atoms with E-state index in [1.54, 1.807) is 0 Å². The van der Waals surface area contributed by atoms with E-state index in [1.165, 1.54) is 50.0 Å². The van der Waals surface area contributed by atoms with Crippen LogP contribution in [0, 0.1) is 4.91 Å². The number of aromatic nitrogens is 2. The van der Waals surface area contributed by atoms with Gasteiger partial charge in [0, 0.05) is 19.7 Å². The summed E-state index contributed by atoms with van der Waals surface area (Å²) in [5.74, 6) is 0.114. The first-order valence-electron chi connectivity index (χ1n) is 9.90. The Bertz CT molecular complexity index is 1210. The van der Waals surface area contributed by atoms with Crippen molar-refractivity contribution >= 4 is 26.5 Å². The standard InChI is InChI=1S/C22H21ClF4N3O3P/c1-21(24,34)18-11-16(28-30(18)2)13-5-7-17(33-9-8-32-3)19(20(13)29-31)12-4-6-15(23)14(10-12)22(25,26)27/h4-7,10-11H,8-9,34H2,1-3H3. The molecular formula is C22H21ClF4N3O3P. The molecule has 182 valence electrons. The first kappa shape index (κ1) is 26.1. The fourth-order valence-electron chi connectivity index (χ4n) is 3.46. The van der Waals surface area contributed by atoms with Crippen LogP contribution in [0.15, 0.2) is 41.6 Å². The second-order valence-electron chi connectivity index (χ2n) is 7.57. The highest BCUT2D eigenvalue weighted by molar-refractivity contribution is 7.18. The number of methoxy groups -OCH3 is 1. The molecule has 0 saturated carbocycles. The number of benzene rings is 2. The Balaban J connectivity index is 2.28. The number of hydrogen-bond acceptors (Lipinski definition) is 5. The number of rotatable bonds is 8. The number of nitrogens with zero attached hydrogens (tertiary/aromatic N) is 3. The summed E-state index contributed by atoms with van der Waals surface area (Å²) in [6, 6.07) is 7.66. The van der Waals surface area contributed by atoms with Crippen LogP contribution >= 0.6 is 20.8 Å². The molecule has 0 N–H and O–H groups in total. The van der Waals surface area contributed by atoms with Crippen LogP contribution in [-0.4, -0.2) is 30.1 Å². The number of halogens is 5. The van der Waals surface area contributed by atoms with Gasteiger partial charge in [0.1, 0.15) is 18.0 Å². The fraction of sp³-hybridized carbons (Fsp3) is 0.318. The molecule has 0 aliphatic rings. The lowest BCUT2D eigenvalue weighted by atomic mass is 9.96. The van der Waals surface area contributed by atoms with Gasteiger partial charge >= 0.3 is 6.18 Å². The molecule has 0 saturated heterocycles. The lowest BCUT2D eigenvalue weighted by Crippen LogP contribution is -2.10. The molecule has 0 bridgehead atoms. The van der Waals surface area contributed by atoms with E-state index in [2.05, 4.69) is 19.5 Å². The molecule has 0 aliphatic heterocycles. The second kappa shape index (κ2) is 9.98. The highest BCUT2D eigenvalue weighted by Gasteiger charge is 2.34. The van der Waals surface area contributed by atoms with Crippen LogP contribution in [0.5, 0.6) is 5.75 Å². The molecule has 1 heterocycles. The second-order valence-corrected chi connectivity index (χ2v) is 9.07. The van der Waals surface area contributed by atoms with E-state index in [9.17, 15) is 22.5 Å². The topological polar surface area (TPSA) is 65.7 Å². The number of hydrogen-bond donors (Lipinski definition) is 0. The van der Waals surface area contributed by atoms with Gasteiger partial charge < -0.3 is 9.47 Å². The average Bonchev–Trinajstić information content (AvgIpc) is 3.15. The van der Waals surface area contributed by atoms with Crippen molar-refractivity contribution in [1.82, 2.24) is 9.78 Å². The minimum absolute atomic E-state index is 0.0122. The Morgan fingerprint density at radius 2 is 1.85 bits per heavy atom. The van der Waals surface area contributed by atoms with Crippen molar-refractivity contribution in [3.8, 4) is 28.1 Å². The van der Waals surface area contributed by atoms with Gasteiger partial charge in [-0.05, 0) is 48.0 Å². The van der Waals surface area contributed by atoms with Crippen molar-refractivity contribution in [2.24, 2.45) is 12.2 Å². The zero-order chi connectivity index (χ0) is 25.3. The quantitative estimate of drug-likeness (QED) is 0.142. The van der Waals surface area contributed by atoms with Gasteiger partial charge in [-0.1, -0.05) is 26.9 Å². The molecule has 0 fully saturated rings. The van der Waals surface area contributed by atoms with Crippen molar-refractivity contribution < 1.29 is 27.0 Å². The minimum Gasteiger partial charge on any atom is -0.490 e. The number of aryl methyl sites for hydroxylation is 1. The third-order valence-corrected chi connectivity index (χ3v) is 5.62. The lowest BCUT2D eigenvalue weighted by molar-refractivity contribution is -0.137. The molecule has 0 spiro atoms. The zero-order valence-electron chi connectivity index (χ0n) is 18.4. The third-order valence-electron chi connectivity index (χ3n) is 4.99. The summed E-state index contributed by atoms with van der Waals surface area (Å²) < 4.78 is 67.0. The molecule has 3 aromatic rings. The summed E-state index contributed by atoms with van der Waals surface area (Å²) >= 11 is 5.77. The van der Waals surface area contributed by atoms with Crippen LogP contribution in [0.3, 0.4) is 0 Å². The molecule has 6 nitrogen and oxygen atoms in total. The molecule has 34 heavy (non-hydrogen) atoms. The van der Waals surface area contributed by atoms with Gasteiger partial charge in [0.05, 0.1) is 34.1 Å². The maximum absolute atomic E-state index is 14.5. The molecular weight excluding hydrogens is 497 g/mol. The van der Waals surface area contributed by atoms with E-state index in [0.29, 0.717) is 0 Å². The van der Waals surface area contributed by atoms with Crippen molar-refractivity contribution in [1.29, 1.82) is 0 Å². The van der Waals surface area contributed by atoms with Crippen LogP contribution < -0.4 is 4.74 Å². The number of alkyl halides is 4. The van der Waals surface area contributed by atoms with E-state index < -0.39 is 22.2 Å². The van der Waals surface area contributed by atoms with Gasteiger partial charge in [0.2, 0.25) is 0 Å². The first-order chi connectivity index (χ1) is 15.9. The van der Waals surface area contributed by atoms with Gasteiger partial charge in [-0.15, -0.1) is 4.91 Å². The van der Waals surface area contributed by atoms with Gasteiger partial charge in [-0.3, -0.25) is 4.68 Å². The van der Waals surface area contributed by atoms with E-state index in [4.69, 9.17) is 21.1 Å². The van der Waals surface area contributed by atoms with Gasteiger partial charge in [0.25, 0.3) is 0 Å². The van der Waals surface area contributed by atoms with E-state index in [-0.39, 0.29) is 52.7 Å². The Morgan fingerprint density at radius 1 is 1.15 bits per heavy atom. The van der Waals surface area contributed by atoms with Crippen molar-refractivity contribution in [3.63, 3.8) is 0 Å². The Labute approximate surface area is 200 Å². The summed E-state index contributed by atoms with van der Waals surface area (Å²) in [6.07, 6.45) is -4.73. The smallest absolute Gasteiger partial charge is 0.417 e. The van der Waals surface area contributed by atoms with Crippen molar-refractivity contribution in [2.45, 2.75) is 18.5 Å². The molecule has 12 heteroatoms. The predicted molar refractivity (Wildman–Crippen MR) is 125 cm³/mol. The summed E-state index contributed by atoms with van der Waals surface area (Å²) in [5.41, 5.74) is -0.633. The lowest BCUT2D eigenvalue weighted by Gasteiger charge is -2.17. The number of ether oxygens (including phenoxy) is 2. The summed E-state index contributed by atoms with van der Waals surface area (Å²) in [5, 5.41) is 5.07. The van der Waals surface area contributed by atoms with Crippen LogP contribution in [0.1, 0.15) is 18.2 Å². The molecule has 2 unspecified atom stereocenters. The SMILES string of the molecule is COCCOc1ccc(-c2cc(C(C)(F)P)n(C)n2)c(N=O)c1-c1ccc(Cl)c(C(F)(F)F)c1. The molecule has 1 aromatic heterocycles. The van der Waals surface area contributed by atoms with Gasteiger partial charge in [-0.25, -0.2) is 4.39 Å². The fourth-order valence-corrected chi connectivity index (χ4v) is 3.96. The molecule has 0 radical (unpaired) electrons. The van der Waals surface area contributed by atoms with Crippen LogP contribution in [0.2, 0.25) is 5.02 Å². The molecule has 2 atom stereocenters. The zero-order valence-corrected chi connectivity index (χ0v) is 20.3. The molecule has 0 aliphatic carbocycles. The Morgan fingerprint density at radius 3 is 2.41 bits per heavy atom. The van der Waals surface area contributed by atoms with Crippen LogP contribution in [0.4, 0.5) is 23.2 Å². The van der Waals surface area contributed by atoms with Crippen LogP contribution in [0.25, 0.3) is 22.4 Å². The van der Waals surface area contributed by atoms with Gasteiger partial charge in [0.15, 0.2) is 5.41 Å². The monoisotopic (exact) mass is 517 g/mol. The molecule has 3 rings (SSSR count). The van der Waals surface area contributed by atoms with Gasteiger partial charge in [-0.2, -0.15) is 18.3 Å². The van der Waals surface area contributed by atoms with Crippen LogP contribution in [-0.2, 0) is 23.4 Å². The average molecular weight is 518 g/mol. The van der Waals surface area contributed by atoms with E-state index in [0.717, 1.165) is 12.1 Å². The van der Waals surface area contributed by atoms with Crippen molar-refractivity contribution in [3.05, 3.63) is 57.6 Å². The minimum atomic E-state index is -4.73. The van der Waals surface area contributed by atoms with Crippen molar-refractivity contribution in [2.75, 3.05) is 20.3 Å². The summed E-state index contributed by atoms with van der Waals surface area (Å²) in [4.78, 5) is 12.0. The number of nitroso groups, excluding NO2 is 1. The Hall–Kier alpha value is -2.55. The largest absolute Gasteiger partial charge is 0.490 e. The summed E-state index contributed by atoms with van der Waals surface area (Å²) in [6.45, 7) is 1.59. The molecule has 0 amide bonds. The first-order valence-corrected chi connectivity index (χ1v) is 10.9. The summed E-state index contributed by atoms with van der Waals surface area (Å²) in [7, 11) is 5.05.